The zero-order valence-corrected chi connectivity index (χ0v) is 9.71. The van der Waals surface area contributed by atoms with Crippen LogP contribution in [0.25, 0.3) is 6.08 Å². The summed E-state index contributed by atoms with van der Waals surface area (Å²) in [5.41, 5.74) is 3.13. The van der Waals surface area contributed by atoms with E-state index in [2.05, 4.69) is 28.3 Å². The molecule has 3 heteroatoms. The van der Waals surface area contributed by atoms with Gasteiger partial charge in [-0.3, -0.25) is 0 Å². The molecule has 88 valence electrons. The Bertz CT molecular complexity index is 456. The minimum atomic E-state index is 0.444. The van der Waals surface area contributed by atoms with Crippen LogP contribution >= 0.6 is 0 Å². The van der Waals surface area contributed by atoms with E-state index in [9.17, 15) is 5.21 Å². The number of nitrogens with zero attached hydrogens (tertiary/aromatic N) is 2. The fourth-order valence-electron chi connectivity index (χ4n) is 2.77. The minimum Gasteiger partial charge on any atom is -0.411 e. The second-order valence-corrected chi connectivity index (χ2v) is 4.69. The number of benzene rings is 1. The molecule has 0 atom stereocenters. The maximum absolute atomic E-state index is 9.18. The summed E-state index contributed by atoms with van der Waals surface area (Å²) in [5.74, 6) is 0.444. The normalized spacial score (nSPS) is 24.8. The number of hydrogen-bond acceptors (Lipinski definition) is 3. The Morgan fingerprint density at radius 1 is 1.18 bits per heavy atom. The fraction of sp³-hybridized carbons (Fsp3) is 0.357. The van der Waals surface area contributed by atoms with E-state index in [-0.39, 0.29) is 0 Å². The standard InChI is InChI=1S/C14H16N2O/c17-15-14-12-6-8-16(9-7-12)13(14)10-11-4-2-1-3-5-11/h1-5,10,12,17H,6-9H2/b13-10+,15-14-. The molecule has 3 fully saturated rings. The highest BCUT2D eigenvalue weighted by atomic mass is 16.4. The Hall–Kier alpha value is -1.77. The molecule has 0 aromatic heterocycles. The van der Waals surface area contributed by atoms with Crippen LogP contribution in [0.4, 0.5) is 0 Å². The van der Waals surface area contributed by atoms with Crippen LogP contribution in [0.15, 0.2) is 41.2 Å². The molecule has 3 aliphatic heterocycles. The van der Waals surface area contributed by atoms with Gasteiger partial charge in [0.1, 0.15) is 5.71 Å². The molecule has 0 spiro atoms. The second-order valence-electron chi connectivity index (χ2n) is 4.69. The topological polar surface area (TPSA) is 35.8 Å². The number of oxime groups is 1. The highest BCUT2D eigenvalue weighted by Crippen LogP contribution is 2.33. The van der Waals surface area contributed by atoms with Gasteiger partial charge in [-0.15, -0.1) is 0 Å². The van der Waals surface area contributed by atoms with E-state index >= 15 is 0 Å². The van der Waals surface area contributed by atoms with Crippen molar-refractivity contribution in [1.29, 1.82) is 0 Å². The van der Waals surface area contributed by atoms with Gasteiger partial charge in [-0.05, 0) is 24.5 Å². The number of hydrogen-bond donors (Lipinski definition) is 1. The van der Waals surface area contributed by atoms with Gasteiger partial charge in [-0.25, -0.2) is 0 Å². The van der Waals surface area contributed by atoms with Crippen molar-refractivity contribution in [2.24, 2.45) is 11.1 Å². The quantitative estimate of drug-likeness (QED) is 0.592. The molecule has 0 radical (unpaired) electrons. The highest BCUT2D eigenvalue weighted by molar-refractivity contribution is 6.05. The lowest BCUT2D eigenvalue weighted by Gasteiger charge is -2.42. The van der Waals surface area contributed by atoms with Crippen LogP contribution in [-0.2, 0) is 0 Å². The lowest BCUT2D eigenvalue weighted by atomic mass is 9.83. The van der Waals surface area contributed by atoms with Crippen molar-refractivity contribution in [3.05, 3.63) is 41.6 Å². The first-order chi connectivity index (χ1) is 8.38. The van der Waals surface area contributed by atoms with E-state index in [1.165, 1.54) is 0 Å². The van der Waals surface area contributed by atoms with E-state index in [1.54, 1.807) is 0 Å². The van der Waals surface area contributed by atoms with Gasteiger partial charge >= 0.3 is 0 Å². The summed E-state index contributed by atoms with van der Waals surface area (Å²) in [6.07, 6.45) is 4.36. The Morgan fingerprint density at radius 3 is 2.53 bits per heavy atom. The van der Waals surface area contributed by atoms with Gasteiger partial charge in [0.2, 0.25) is 0 Å². The number of rotatable bonds is 1. The van der Waals surface area contributed by atoms with Crippen LogP contribution in [-0.4, -0.2) is 28.9 Å². The molecular formula is C14H16N2O. The van der Waals surface area contributed by atoms with Crippen LogP contribution in [0, 0.1) is 5.92 Å². The molecule has 0 unspecified atom stereocenters. The van der Waals surface area contributed by atoms with E-state index in [1.807, 2.05) is 18.2 Å². The molecule has 17 heavy (non-hydrogen) atoms. The average molecular weight is 228 g/mol. The van der Waals surface area contributed by atoms with E-state index in [4.69, 9.17) is 0 Å². The van der Waals surface area contributed by atoms with Crippen molar-refractivity contribution >= 4 is 11.8 Å². The van der Waals surface area contributed by atoms with Crippen molar-refractivity contribution in [3.63, 3.8) is 0 Å². The second kappa shape index (κ2) is 4.24. The monoisotopic (exact) mass is 228 g/mol. The van der Waals surface area contributed by atoms with Crippen LogP contribution in [0.1, 0.15) is 18.4 Å². The predicted molar refractivity (Wildman–Crippen MR) is 67.9 cm³/mol. The van der Waals surface area contributed by atoms with Crippen molar-refractivity contribution in [3.8, 4) is 0 Å². The summed E-state index contributed by atoms with van der Waals surface area (Å²) >= 11 is 0. The predicted octanol–water partition coefficient (Wildman–Crippen LogP) is 2.58. The third-order valence-electron chi connectivity index (χ3n) is 3.70. The first kappa shape index (κ1) is 10.4. The summed E-state index contributed by atoms with van der Waals surface area (Å²) in [6.45, 7) is 2.17. The molecule has 2 bridgehead atoms. The van der Waals surface area contributed by atoms with Crippen molar-refractivity contribution in [2.75, 3.05) is 13.1 Å². The Labute approximate surface area is 101 Å². The van der Waals surface area contributed by atoms with E-state index in [0.29, 0.717) is 5.92 Å². The molecule has 0 amide bonds. The first-order valence-electron chi connectivity index (χ1n) is 6.12. The zero-order chi connectivity index (χ0) is 11.7. The van der Waals surface area contributed by atoms with Gasteiger partial charge in [0.15, 0.2) is 0 Å². The number of fused-ring (bicyclic) bond motifs is 3. The summed E-state index contributed by atoms with van der Waals surface area (Å²) in [4.78, 5) is 2.32. The molecular weight excluding hydrogens is 212 g/mol. The lowest BCUT2D eigenvalue weighted by molar-refractivity contribution is 0.229. The summed E-state index contributed by atoms with van der Waals surface area (Å²) in [6, 6.07) is 10.2. The SMILES string of the molecule is O/N=C1\C(=C/c2ccccc2)N2CCC1CC2. The molecule has 1 aromatic rings. The molecule has 0 aliphatic carbocycles. The molecule has 4 rings (SSSR count). The van der Waals surface area contributed by atoms with Crippen molar-refractivity contribution in [1.82, 2.24) is 4.90 Å². The zero-order valence-electron chi connectivity index (χ0n) is 9.71. The third kappa shape index (κ3) is 1.82. The van der Waals surface area contributed by atoms with Crippen LogP contribution in [0.5, 0.6) is 0 Å². The lowest BCUT2D eigenvalue weighted by Crippen LogP contribution is -2.46. The Morgan fingerprint density at radius 2 is 1.88 bits per heavy atom. The summed E-state index contributed by atoms with van der Waals surface area (Å²) in [7, 11) is 0. The van der Waals surface area contributed by atoms with Gasteiger partial charge in [-0.2, -0.15) is 0 Å². The highest BCUT2D eigenvalue weighted by Gasteiger charge is 2.35. The van der Waals surface area contributed by atoms with Crippen LogP contribution < -0.4 is 0 Å². The number of piperidine rings is 3. The van der Waals surface area contributed by atoms with Gasteiger partial charge in [0.05, 0.1) is 5.70 Å². The van der Waals surface area contributed by atoms with Gasteiger partial charge < -0.3 is 10.1 Å². The number of allylic oxidation sites excluding steroid dienone is 1. The average Bonchev–Trinajstić information content (AvgIpc) is 2.41. The van der Waals surface area contributed by atoms with Crippen LogP contribution in [0.3, 0.4) is 0 Å². The van der Waals surface area contributed by atoms with Crippen molar-refractivity contribution in [2.45, 2.75) is 12.8 Å². The smallest absolute Gasteiger partial charge is 0.106 e. The molecule has 3 nitrogen and oxygen atoms in total. The summed E-state index contributed by atoms with van der Waals surface area (Å²) < 4.78 is 0. The molecule has 1 N–H and O–H groups in total. The molecule has 3 aliphatic rings. The maximum Gasteiger partial charge on any atom is 0.106 e. The Balaban J connectivity index is 1.99. The maximum atomic E-state index is 9.18. The first-order valence-corrected chi connectivity index (χ1v) is 6.12. The molecule has 3 saturated heterocycles. The molecule has 1 aromatic carbocycles. The van der Waals surface area contributed by atoms with E-state index < -0.39 is 0 Å². The van der Waals surface area contributed by atoms with Gasteiger partial charge in [-0.1, -0.05) is 35.5 Å². The van der Waals surface area contributed by atoms with Gasteiger partial charge in [0.25, 0.3) is 0 Å². The molecule has 3 heterocycles. The largest absolute Gasteiger partial charge is 0.411 e. The van der Waals surface area contributed by atoms with Crippen LogP contribution in [0.2, 0.25) is 0 Å². The van der Waals surface area contributed by atoms with Crippen molar-refractivity contribution < 1.29 is 5.21 Å². The third-order valence-corrected chi connectivity index (χ3v) is 3.70. The Kier molecular flexibility index (Phi) is 2.59. The van der Waals surface area contributed by atoms with E-state index in [0.717, 1.165) is 42.9 Å². The minimum absolute atomic E-state index is 0.444. The molecule has 0 saturated carbocycles. The fourth-order valence-corrected chi connectivity index (χ4v) is 2.77. The summed E-state index contributed by atoms with van der Waals surface area (Å²) in [5, 5.41) is 12.7. The van der Waals surface area contributed by atoms with Gasteiger partial charge in [0, 0.05) is 19.0 Å².